The predicted molar refractivity (Wildman–Crippen MR) is 57.4 cm³/mol. The van der Waals surface area contributed by atoms with Gasteiger partial charge in [0.2, 0.25) is 0 Å². The van der Waals surface area contributed by atoms with Crippen LogP contribution in [-0.4, -0.2) is 28.0 Å². The van der Waals surface area contributed by atoms with E-state index in [-0.39, 0.29) is 18.0 Å². The van der Waals surface area contributed by atoms with Crippen LogP contribution < -0.4 is 5.73 Å². The zero-order valence-corrected chi connectivity index (χ0v) is 8.80. The molecule has 1 aromatic carbocycles. The second-order valence-electron chi connectivity index (χ2n) is 3.55. The van der Waals surface area contributed by atoms with E-state index in [2.05, 4.69) is 0 Å². The van der Waals surface area contributed by atoms with Crippen LogP contribution in [0.25, 0.3) is 0 Å². The highest BCUT2D eigenvalue weighted by Gasteiger charge is 2.16. The highest BCUT2D eigenvalue weighted by molar-refractivity contribution is 5.96. The van der Waals surface area contributed by atoms with Crippen molar-refractivity contribution >= 4 is 11.8 Å². The van der Waals surface area contributed by atoms with Crippen LogP contribution in [0.5, 0.6) is 5.75 Å². The van der Waals surface area contributed by atoms with Gasteiger partial charge in [0.15, 0.2) is 5.78 Å². The van der Waals surface area contributed by atoms with Crippen LogP contribution in [0, 0.1) is 0 Å². The number of carboxylic acids is 1. The first-order chi connectivity index (χ1) is 7.41. The third-order valence-corrected chi connectivity index (χ3v) is 2.23. The molecule has 0 heterocycles. The number of benzene rings is 1. The molecule has 0 saturated heterocycles. The van der Waals surface area contributed by atoms with Crippen molar-refractivity contribution in [2.75, 3.05) is 0 Å². The lowest BCUT2D eigenvalue weighted by atomic mass is 9.98. The fraction of sp³-hybridized carbons (Fsp3) is 0.273. The fourth-order valence-electron chi connectivity index (χ4n) is 1.39. The van der Waals surface area contributed by atoms with Gasteiger partial charge in [0.1, 0.15) is 11.8 Å². The Bertz CT molecular complexity index is 428. The number of Topliss-reactive ketones (excluding diaryl/α,β-unsaturated/α-hetero) is 1. The van der Waals surface area contributed by atoms with Crippen molar-refractivity contribution in [1.29, 1.82) is 0 Å². The Morgan fingerprint density at radius 2 is 2.06 bits per heavy atom. The number of aromatic hydroxyl groups is 1. The molecular formula is C11H13NO4. The molecule has 1 unspecified atom stereocenters. The topological polar surface area (TPSA) is 101 Å². The first-order valence-corrected chi connectivity index (χ1v) is 4.73. The van der Waals surface area contributed by atoms with Crippen LogP contribution in [0.4, 0.5) is 0 Å². The zero-order chi connectivity index (χ0) is 12.3. The molecule has 86 valence electrons. The van der Waals surface area contributed by atoms with Crippen LogP contribution in [0.3, 0.4) is 0 Å². The van der Waals surface area contributed by atoms with Crippen molar-refractivity contribution in [3.05, 3.63) is 29.3 Å². The number of carbonyl (C=O) groups is 2. The van der Waals surface area contributed by atoms with E-state index in [0.29, 0.717) is 11.1 Å². The SMILES string of the molecule is CC(=O)c1cc(O)ccc1CC(N)C(=O)O. The first-order valence-electron chi connectivity index (χ1n) is 4.73. The van der Waals surface area contributed by atoms with Gasteiger partial charge in [-0.15, -0.1) is 0 Å². The van der Waals surface area contributed by atoms with E-state index in [1.54, 1.807) is 0 Å². The Kier molecular flexibility index (Phi) is 3.63. The molecular weight excluding hydrogens is 210 g/mol. The van der Waals surface area contributed by atoms with Gasteiger partial charge in [-0.3, -0.25) is 9.59 Å². The van der Waals surface area contributed by atoms with Crippen molar-refractivity contribution in [1.82, 2.24) is 0 Å². The van der Waals surface area contributed by atoms with Crippen LogP contribution in [0.1, 0.15) is 22.8 Å². The molecule has 0 aromatic heterocycles. The zero-order valence-electron chi connectivity index (χ0n) is 8.80. The standard InChI is InChI=1S/C11H13NO4/c1-6(13)9-5-8(14)3-2-7(9)4-10(12)11(15)16/h2-3,5,10,14H,4,12H2,1H3,(H,15,16). The number of phenols is 1. The van der Waals surface area contributed by atoms with E-state index >= 15 is 0 Å². The molecule has 1 atom stereocenters. The Balaban J connectivity index is 3.04. The van der Waals surface area contributed by atoms with Gasteiger partial charge in [0, 0.05) is 5.56 Å². The molecule has 4 N–H and O–H groups in total. The van der Waals surface area contributed by atoms with Gasteiger partial charge in [0.05, 0.1) is 0 Å². The van der Waals surface area contributed by atoms with Crippen molar-refractivity contribution in [3.63, 3.8) is 0 Å². The Morgan fingerprint density at radius 1 is 1.44 bits per heavy atom. The maximum Gasteiger partial charge on any atom is 0.320 e. The van der Waals surface area contributed by atoms with Crippen LogP contribution in [0.2, 0.25) is 0 Å². The van der Waals surface area contributed by atoms with Gasteiger partial charge in [-0.1, -0.05) is 6.07 Å². The number of rotatable bonds is 4. The summed E-state index contributed by atoms with van der Waals surface area (Å²) in [5.41, 5.74) is 6.21. The molecule has 0 amide bonds. The normalized spacial score (nSPS) is 12.1. The van der Waals surface area contributed by atoms with Crippen molar-refractivity contribution in [2.24, 2.45) is 5.73 Å². The maximum atomic E-state index is 11.3. The molecule has 0 fully saturated rings. The average Bonchev–Trinajstić information content (AvgIpc) is 2.20. The van der Waals surface area contributed by atoms with Gasteiger partial charge >= 0.3 is 5.97 Å². The number of carbonyl (C=O) groups excluding carboxylic acids is 1. The Labute approximate surface area is 92.5 Å². The molecule has 0 aliphatic heterocycles. The first kappa shape index (κ1) is 12.2. The number of carboxylic acid groups (broad SMARTS) is 1. The molecule has 5 nitrogen and oxygen atoms in total. The Hall–Kier alpha value is -1.88. The summed E-state index contributed by atoms with van der Waals surface area (Å²) in [4.78, 5) is 21.9. The van der Waals surface area contributed by atoms with E-state index in [9.17, 15) is 14.7 Å². The number of hydrogen-bond acceptors (Lipinski definition) is 4. The molecule has 16 heavy (non-hydrogen) atoms. The van der Waals surface area contributed by atoms with Gasteiger partial charge in [-0.05, 0) is 31.0 Å². The van der Waals surface area contributed by atoms with Crippen molar-refractivity contribution < 1.29 is 19.8 Å². The van der Waals surface area contributed by atoms with Crippen LogP contribution in [0.15, 0.2) is 18.2 Å². The van der Waals surface area contributed by atoms with Gasteiger partial charge in [-0.2, -0.15) is 0 Å². The highest BCUT2D eigenvalue weighted by atomic mass is 16.4. The molecule has 0 aliphatic rings. The molecule has 1 rings (SSSR count). The maximum absolute atomic E-state index is 11.3. The van der Waals surface area contributed by atoms with Crippen molar-refractivity contribution in [2.45, 2.75) is 19.4 Å². The van der Waals surface area contributed by atoms with E-state index < -0.39 is 12.0 Å². The van der Waals surface area contributed by atoms with E-state index in [1.165, 1.54) is 25.1 Å². The number of phenolic OH excluding ortho intramolecular Hbond substituents is 1. The minimum absolute atomic E-state index is 0.0298. The van der Waals surface area contributed by atoms with E-state index in [1.807, 2.05) is 0 Å². The lowest BCUT2D eigenvalue weighted by Crippen LogP contribution is -2.32. The molecule has 0 bridgehead atoms. The number of nitrogens with two attached hydrogens (primary N) is 1. The largest absolute Gasteiger partial charge is 0.508 e. The fourth-order valence-corrected chi connectivity index (χ4v) is 1.39. The summed E-state index contributed by atoms with van der Waals surface area (Å²) >= 11 is 0. The third-order valence-electron chi connectivity index (χ3n) is 2.23. The number of ketones is 1. The predicted octanol–water partition coefficient (Wildman–Crippen LogP) is 0.549. The highest BCUT2D eigenvalue weighted by Crippen LogP contribution is 2.18. The van der Waals surface area contributed by atoms with Gasteiger partial charge < -0.3 is 15.9 Å². The second kappa shape index (κ2) is 4.76. The minimum Gasteiger partial charge on any atom is -0.508 e. The molecule has 0 radical (unpaired) electrons. The summed E-state index contributed by atoms with van der Waals surface area (Å²) in [5.74, 6) is -1.39. The molecule has 0 spiro atoms. The number of aliphatic carboxylic acids is 1. The van der Waals surface area contributed by atoms with E-state index in [4.69, 9.17) is 10.8 Å². The smallest absolute Gasteiger partial charge is 0.320 e. The number of hydrogen-bond donors (Lipinski definition) is 3. The van der Waals surface area contributed by atoms with Crippen LogP contribution in [-0.2, 0) is 11.2 Å². The molecule has 0 aliphatic carbocycles. The van der Waals surface area contributed by atoms with E-state index in [0.717, 1.165) is 0 Å². The van der Waals surface area contributed by atoms with Gasteiger partial charge in [-0.25, -0.2) is 0 Å². The average molecular weight is 223 g/mol. The summed E-state index contributed by atoms with van der Waals surface area (Å²) < 4.78 is 0. The summed E-state index contributed by atoms with van der Waals surface area (Å²) in [6.45, 7) is 1.35. The molecule has 5 heteroatoms. The van der Waals surface area contributed by atoms with Gasteiger partial charge in [0.25, 0.3) is 0 Å². The summed E-state index contributed by atoms with van der Waals surface area (Å²) in [5, 5.41) is 17.9. The Morgan fingerprint density at radius 3 is 2.56 bits per heavy atom. The monoisotopic (exact) mass is 223 g/mol. The third kappa shape index (κ3) is 2.80. The van der Waals surface area contributed by atoms with Crippen LogP contribution >= 0.6 is 0 Å². The molecule has 1 aromatic rings. The quantitative estimate of drug-likeness (QED) is 0.647. The lowest BCUT2D eigenvalue weighted by molar-refractivity contribution is -0.138. The van der Waals surface area contributed by atoms with Crippen molar-refractivity contribution in [3.8, 4) is 5.75 Å². The minimum atomic E-state index is -1.12. The molecule has 0 saturated carbocycles. The summed E-state index contributed by atoms with van der Waals surface area (Å²) in [7, 11) is 0. The second-order valence-corrected chi connectivity index (χ2v) is 3.55. The lowest BCUT2D eigenvalue weighted by Gasteiger charge is -2.10. The summed E-state index contributed by atoms with van der Waals surface area (Å²) in [6.07, 6.45) is 0.0600. The summed E-state index contributed by atoms with van der Waals surface area (Å²) in [6, 6.07) is 3.17.